The van der Waals surface area contributed by atoms with E-state index in [1.165, 1.54) is 0 Å². The number of amides is 2. The highest BCUT2D eigenvalue weighted by Gasteiger charge is 2.18. The number of nitrogens with zero attached hydrogens (tertiary/aromatic N) is 2. The van der Waals surface area contributed by atoms with Gasteiger partial charge in [0.1, 0.15) is 6.54 Å². The van der Waals surface area contributed by atoms with Crippen LogP contribution in [-0.4, -0.2) is 21.4 Å². The summed E-state index contributed by atoms with van der Waals surface area (Å²) in [5, 5.41) is 5.79. The Kier molecular flexibility index (Phi) is 3.49. The SMILES string of the molecule is O=C1CCc2c(cccc2NC(=O)Cn2cnc3ccccc32)N1. The molecule has 0 unspecified atom stereocenters. The van der Waals surface area contributed by atoms with Crippen LogP contribution >= 0.6 is 0 Å². The number of carbonyl (C=O) groups excluding carboxylic acids is 2. The number of aromatic nitrogens is 2. The Hall–Kier alpha value is -3.15. The summed E-state index contributed by atoms with van der Waals surface area (Å²) < 4.78 is 1.82. The number of hydrogen-bond donors (Lipinski definition) is 2. The molecule has 1 aromatic heterocycles. The summed E-state index contributed by atoms with van der Waals surface area (Å²) >= 11 is 0. The number of para-hydroxylation sites is 2. The number of hydrogen-bond acceptors (Lipinski definition) is 3. The van der Waals surface area contributed by atoms with Crippen molar-refractivity contribution in [2.45, 2.75) is 19.4 Å². The minimum absolute atomic E-state index is 0.0101. The summed E-state index contributed by atoms with van der Waals surface area (Å²) in [6.07, 6.45) is 2.74. The lowest BCUT2D eigenvalue weighted by Crippen LogP contribution is -2.23. The van der Waals surface area contributed by atoms with Gasteiger partial charge in [0, 0.05) is 17.8 Å². The molecule has 4 rings (SSSR count). The molecule has 2 amide bonds. The zero-order valence-electron chi connectivity index (χ0n) is 13.0. The lowest BCUT2D eigenvalue weighted by Gasteiger charge is -2.20. The quantitative estimate of drug-likeness (QED) is 0.779. The Bertz CT molecular complexity index is 945. The van der Waals surface area contributed by atoms with E-state index in [9.17, 15) is 9.59 Å². The number of fused-ring (bicyclic) bond motifs is 2. The molecule has 0 fully saturated rings. The van der Waals surface area contributed by atoms with Gasteiger partial charge in [-0.05, 0) is 36.2 Å². The highest BCUT2D eigenvalue weighted by Crippen LogP contribution is 2.29. The van der Waals surface area contributed by atoms with Crippen LogP contribution < -0.4 is 10.6 Å². The Balaban J connectivity index is 1.55. The fourth-order valence-corrected chi connectivity index (χ4v) is 3.02. The molecule has 6 nitrogen and oxygen atoms in total. The predicted octanol–water partition coefficient (Wildman–Crippen LogP) is 2.56. The van der Waals surface area contributed by atoms with Gasteiger partial charge < -0.3 is 15.2 Å². The monoisotopic (exact) mass is 320 g/mol. The lowest BCUT2D eigenvalue weighted by molar-refractivity contribution is -0.117. The largest absolute Gasteiger partial charge is 0.326 e. The number of nitrogens with one attached hydrogen (secondary N) is 2. The second kappa shape index (κ2) is 5.81. The average molecular weight is 320 g/mol. The second-order valence-corrected chi connectivity index (χ2v) is 5.79. The molecule has 0 aliphatic carbocycles. The molecule has 2 heterocycles. The number of carbonyl (C=O) groups is 2. The second-order valence-electron chi connectivity index (χ2n) is 5.79. The minimum Gasteiger partial charge on any atom is -0.326 e. The van der Waals surface area contributed by atoms with Gasteiger partial charge in [-0.15, -0.1) is 0 Å². The molecule has 1 aliphatic heterocycles. The average Bonchev–Trinajstić information content (AvgIpc) is 2.98. The molecule has 0 spiro atoms. The van der Waals surface area contributed by atoms with Crippen molar-refractivity contribution >= 4 is 34.2 Å². The van der Waals surface area contributed by atoms with Crippen molar-refractivity contribution in [2.24, 2.45) is 0 Å². The summed E-state index contributed by atoms with van der Waals surface area (Å²) in [4.78, 5) is 28.2. The van der Waals surface area contributed by atoms with E-state index in [0.29, 0.717) is 12.8 Å². The van der Waals surface area contributed by atoms with Crippen molar-refractivity contribution in [1.29, 1.82) is 0 Å². The Morgan fingerprint density at radius 1 is 1.17 bits per heavy atom. The number of rotatable bonds is 3. The van der Waals surface area contributed by atoms with Crippen molar-refractivity contribution in [1.82, 2.24) is 9.55 Å². The molecule has 2 aromatic carbocycles. The van der Waals surface area contributed by atoms with E-state index in [1.54, 1.807) is 6.33 Å². The molecule has 1 aliphatic rings. The van der Waals surface area contributed by atoms with Gasteiger partial charge in [0.05, 0.1) is 17.4 Å². The van der Waals surface area contributed by atoms with Crippen LogP contribution in [-0.2, 0) is 22.6 Å². The van der Waals surface area contributed by atoms with Crippen LogP contribution in [0.5, 0.6) is 0 Å². The van der Waals surface area contributed by atoms with Crippen molar-refractivity contribution in [2.75, 3.05) is 10.6 Å². The third-order valence-electron chi connectivity index (χ3n) is 4.17. The van der Waals surface area contributed by atoms with Gasteiger partial charge in [0.2, 0.25) is 11.8 Å². The third-order valence-corrected chi connectivity index (χ3v) is 4.17. The molecule has 0 radical (unpaired) electrons. The van der Waals surface area contributed by atoms with Gasteiger partial charge in [-0.2, -0.15) is 0 Å². The fraction of sp³-hybridized carbons (Fsp3) is 0.167. The van der Waals surface area contributed by atoms with Crippen LogP contribution in [0.2, 0.25) is 0 Å². The molecule has 120 valence electrons. The molecule has 6 heteroatoms. The topological polar surface area (TPSA) is 76.0 Å². The summed E-state index contributed by atoms with van der Waals surface area (Å²) in [6, 6.07) is 13.2. The highest BCUT2D eigenvalue weighted by atomic mass is 16.2. The zero-order valence-corrected chi connectivity index (χ0v) is 13.0. The van der Waals surface area contributed by atoms with Crippen molar-refractivity contribution in [3.05, 3.63) is 54.4 Å². The summed E-state index contributed by atoms with van der Waals surface area (Å²) in [6.45, 7) is 0.191. The summed E-state index contributed by atoms with van der Waals surface area (Å²) in [7, 11) is 0. The van der Waals surface area contributed by atoms with Gasteiger partial charge in [0.15, 0.2) is 0 Å². The molecule has 0 saturated carbocycles. The van der Waals surface area contributed by atoms with E-state index in [4.69, 9.17) is 0 Å². The number of anilines is 2. The predicted molar refractivity (Wildman–Crippen MR) is 91.8 cm³/mol. The lowest BCUT2D eigenvalue weighted by atomic mass is 10.0. The molecule has 24 heavy (non-hydrogen) atoms. The highest BCUT2D eigenvalue weighted by molar-refractivity contribution is 5.98. The third kappa shape index (κ3) is 2.62. The molecule has 0 saturated heterocycles. The van der Waals surface area contributed by atoms with Gasteiger partial charge in [-0.1, -0.05) is 18.2 Å². The normalized spacial score (nSPS) is 13.4. The van der Waals surface area contributed by atoms with Crippen molar-refractivity contribution in [3.8, 4) is 0 Å². The van der Waals surface area contributed by atoms with E-state index in [2.05, 4.69) is 15.6 Å². The standard InChI is InChI=1S/C18H16N4O2/c23-17-9-8-12-13(20-17)5-3-6-14(12)21-18(24)10-22-11-19-15-4-1-2-7-16(15)22/h1-7,11H,8-10H2,(H,20,23)(H,21,24). The van der Waals surface area contributed by atoms with E-state index in [-0.39, 0.29) is 18.4 Å². The van der Waals surface area contributed by atoms with Gasteiger partial charge in [0.25, 0.3) is 0 Å². The zero-order chi connectivity index (χ0) is 16.5. The summed E-state index contributed by atoms with van der Waals surface area (Å²) in [5.41, 5.74) is 4.29. The van der Waals surface area contributed by atoms with Gasteiger partial charge >= 0.3 is 0 Å². The molecule has 2 N–H and O–H groups in total. The Morgan fingerprint density at radius 2 is 2.04 bits per heavy atom. The van der Waals surface area contributed by atoms with Crippen LogP contribution in [0.1, 0.15) is 12.0 Å². The number of imidazole rings is 1. The van der Waals surface area contributed by atoms with Crippen LogP contribution in [0.25, 0.3) is 11.0 Å². The minimum atomic E-state index is -0.122. The molecule has 0 bridgehead atoms. The Morgan fingerprint density at radius 3 is 2.96 bits per heavy atom. The maximum atomic E-state index is 12.4. The molecule has 0 atom stereocenters. The first kappa shape index (κ1) is 14.4. The first-order chi connectivity index (χ1) is 11.7. The van der Waals surface area contributed by atoms with Crippen LogP contribution in [0.4, 0.5) is 11.4 Å². The Labute approximate surface area is 138 Å². The number of benzene rings is 2. The fourth-order valence-electron chi connectivity index (χ4n) is 3.02. The molecular formula is C18H16N4O2. The smallest absolute Gasteiger partial charge is 0.244 e. The maximum absolute atomic E-state index is 12.4. The van der Waals surface area contributed by atoms with Crippen LogP contribution in [0, 0.1) is 0 Å². The van der Waals surface area contributed by atoms with E-state index in [1.807, 2.05) is 47.0 Å². The van der Waals surface area contributed by atoms with E-state index < -0.39 is 0 Å². The van der Waals surface area contributed by atoms with Crippen molar-refractivity contribution in [3.63, 3.8) is 0 Å². The molecule has 3 aromatic rings. The van der Waals surface area contributed by atoms with Crippen LogP contribution in [0.15, 0.2) is 48.8 Å². The molecular weight excluding hydrogens is 304 g/mol. The maximum Gasteiger partial charge on any atom is 0.244 e. The summed E-state index contributed by atoms with van der Waals surface area (Å²) in [5.74, 6) is -0.112. The first-order valence-corrected chi connectivity index (χ1v) is 7.82. The van der Waals surface area contributed by atoms with Crippen molar-refractivity contribution < 1.29 is 9.59 Å². The first-order valence-electron chi connectivity index (χ1n) is 7.82. The van der Waals surface area contributed by atoms with Crippen LogP contribution in [0.3, 0.4) is 0 Å². The van der Waals surface area contributed by atoms with E-state index >= 15 is 0 Å². The van der Waals surface area contributed by atoms with Gasteiger partial charge in [-0.25, -0.2) is 4.98 Å². The van der Waals surface area contributed by atoms with Gasteiger partial charge in [-0.3, -0.25) is 9.59 Å². The van der Waals surface area contributed by atoms with E-state index in [0.717, 1.165) is 28.0 Å².